The number of ether oxygens (including phenoxy) is 1. The highest BCUT2D eigenvalue weighted by molar-refractivity contribution is 5.79. The highest BCUT2D eigenvalue weighted by Gasteiger charge is 2.21. The minimum atomic E-state index is -1.01. The zero-order chi connectivity index (χ0) is 19.9. The first kappa shape index (κ1) is 18.9. The molecule has 0 saturated carbocycles. The number of benzene rings is 2. The molecule has 2 aromatic carbocycles. The number of aryl methyl sites for hydroxylation is 1. The van der Waals surface area contributed by atoms with Crippen LogP contribution in [0.1, 0.15) is 29.7 Å². The summed E-state index contributed by atoms with van der Waals surface area (Å²) in [5, 5.41) is 21.7. The maximum atomic E-state index is 11.9. The topological polar surface area (TPSA) is 95.2 Å². The second-order valence-electron chi connectivity index (χ2n) is 6.16. The predicted octanol–water partition coefficient (Wildman–Crippen LogP) is 4.55. The molecule has 1 atom stereocenters. The summed E-state index contributed by atoms with van der Waals surface area (Å²) in [5.74, 6) is 0.119. The Morgan fingerprint density at radius 1 is 1.21 bits per heavy atom. The SMILES string of the molecule is CCc1cc(Oc2cccnc2)cc(C(Nc2ccc(C#N)cc2)C(=O)O)c1. The molecule has 0 spiro atoms. The number of rotatable bonds is 7. The van der Waals surface area contributed by atoms with E-state index in [9.17, 15) is 9.90 Å². The van der Waals surface area contributed by atoms with Crippen molar-refractivity contribution in [2.45, 2.75) is 19.4 Å². The molecule has 28 heavy (non-hydrogen) atoms. The number of hydrogen-bond acceptors (Lipinski definition) is 5. The Morgan fingerprint density at radius 2 is 2.00 bits per heavy atom. The van der Waals surface area contributed by atoms with Crippen molar-refractivity contribution >= 4 is 11.7 Å². The van der Waals surface area contributed by atoms with Crippen molar-refractivity contribution in [3.63, 3.8) is 0 Å². The number of nitrogens with one attached hydrogen (secondary N) is 1. The fourth-order valence-electron chi connectivity index (χ4n) is 2.75. The van der Waals surface area contributed by atoms with Crippen molar-refractivity contribution in [3.8, 4) is 17.6 Å². The molecular formula is C22H19N3O3. The summed E-state index contributed by atoms with van der Waals surface area (Å²) < 4.78 is 5.85. The number of anilines is 1. The highest BCUT2D eigenvalue weighted by atomic mass is 16.5. The van der Waals surface area contributed by atoms with E-state index < -0.39 is 12.0 Å². The van der Waals surface area contributed by atoms with Crippen LogP contribution in [0.25, 0.3) is 0 Å². The lowest BCUT2D eigenvalue weighted by Gasteiger charge is -2.18. The number of nitrogens with zero attached hydrogens (tertiary/aromatic N) is 2. The van der Waals surface area contributed by atoms with E-state index in [2.05, 4.69) is 10.3 Å². The van der Waals surface area contributed by atoms with Crippen molar-refractivity contribution in [1.29, 1.82) is 5.26 Å². The van der Waals surface area contributed by atoms with E-state index in [1.54, 1.807) is 54.9 Å². The average Bonchev–Trinajstić information content (AvgIpc) is 2.72. The van der Waals surface area contributed by atoms with Gasteiger partial charge in [0.05, 0.1) is 17.8 Å². The van der Waals surface area contributed by atoms with E-state index in [-0.39, 0.29) is 0 Å². The summed E-state index contributed by atoms with van der Waals surface area (Å²) in [6.07, 6.45) is 3.99. The lowest BCUT2D eigenvalue weighted by molar-refractivity contribution is -0.138. The fourth-order valence-corrected chi connectivity index (χ4v) is 2.75. The van der Waals surface area contributed by atoms with Crippen molar-refractivity contribution < 1.29 is 14.6 Å². The molecule has 0 bridgehead atoms. The first-order chi connectivity index (χ1) is 13.6. The van der Waals surface area contributed by atoms with Gasteiger partial charge in [-0.05, 0) is 66.1 Å². The molecule has 0 amide bonds. The molecule has 3 aromatic rings. The van der Waals surface area contributed by atoms with Gasteiger partial charge < -0.3 is 15.2 Å². The molecule has 0 aliphatic heterocycles. The first-order valence-electron chi connectivity index (χ1n) is 8.80. The predicted molar refractivity (Wildman–Crippen MR) is 105 cm³/mol. The van der Waals surface area contributed by atoms with Crippen LogP contribution in [-0.4, -0.2) is 16.1 Å². The molecule has 6 nitrogen and oxygen atoms in total. The summed E-state index contributed by atoms with van der Waals surface area (Å²) in [6.45, 7) is 2.00. The summed E-state index contributed by atoms with van der Waals surface area (Å²) in [6, 6.07) is 16.7. The molecule has 6 heteroatoms. The lowest BCUT2D eigenvalue weighted by atomic mass is 10.0. The van der Waals surface area contributed by atoms with Gasteiger partial charge >= 0.3 is 5.97 Å². The van der Waals surface area contributed by atoms with E-state index in [0.717, 1.165) is 12.0 Å². The number of nitriles is 1. The Hall–Kier alpha value is -3.85. The number of pyridine rings is 1. The molecule has 1 unspecified atom stereocenters. The second kappa shape index (κ2) is 8.69. The zero-order valence-corrected chi connectivity index (χ0v) is 15.3. The molecule has 0 aliphatic rings. The molecule has 2 N–H and O–H groups in total. The monoisotopic (exact) mass is 373 g/mol. The first-order valence-corrected chi connectivity index (χ1v) is 8.80. The van der Waals surface area contributed by atoms with Crippen LogP contribution in [0.4, 0.5) is 5.69 Å². The molecule has 0 aliphatic carbocycles. The summed E-state index contributed by atoms with van der Waals surface area (Å²) in [5.41, 5.74) is 2.67. The van der Waals surface area contributed by atoms with Crippen LogP contribution in [0.5, 0.6) is 11.5 Å². The van der Waals surface area contributed by atoms with E-state index in [1.807, 2.05) is 25.1 Å². The van der Waals surface area contributed by atoms with Gasteiger partial charge in [-0.25, -0.2) is 4.79 Å². The number of carboxylic acid groups (broad SMARTS) is 1. The molecule has 1 aromatic heterocycles. The van der Waals surface area contributed by atoms with Crippen LogP contribution in [-0.2, 0) is 11.2 Å². The molecule has 0 saturated heterocycles. The van der Waals surface area contributed by atoms with Crippen LogP contribution in [0.2, 0.25) is 0 Å². The molecule has 3 rings (SSSR count). The molecule has 1 heterocycles. The Bertz CT molecular complexity index is 996. The summed E-state index contributed by atoms with van der Waals surface area (Å²) in [7, 11) is 0. The Kier molecular flexibility index (Phi) is 5.87. The smallest absolute Gasteiger partial charge is 0.330 e. The average molecular weight is 373 g/mol. The van der Waals surface area contributed by atoms with Crippen LogP contribution in [0, 0.1) is 11.3 Å². The number of carbonyl (C=O) groups is 1. The summed E-state index contributed by atoms with van der Waals surface area (Å²) >= 11 is 0. The molecule has 0 radical (unpaired) electrons. The molecule has 140 valence electrons. The van der Waals surface area contributed by atoms with Crippen molar-refractivity contribution in [1.82, 2.24) is 4.98 Å². The van der Waals surface area contributed by atoms with Crippen molar-refractivity contribution in [2.24, 2.45) is 0 Å². The minimum absolute atomic E-state index is 0.512. The van der Waals surface area contributed by atoms with Crippen LogP contribution >= 0.6 is 0 Å². The second-order valence-corrected chi connectivity index (χ2v) is 6.16. The highest BCUT2D eigenvalue weighted by Crippen LogP contribution is 2.29. The fraction of sp³-hybridized carbons (Fsp3) is 0.136. The number of hydrogen-bond donors (Lipinski definition) is 2. The van der Waals surface area contributed by atoms with Crippen molar-refractivity contribution in [2.75, 3.05) is 5.32 Å². The van der Waals surface area contributed by atoms with Gasteiger partial charge in [0.15, 0.2) is 6.04 Å². The van der Waals surface area contributed by atoms with Gasteiger partial charge in [-0.3, -0.25) is 4.98 Å². The van der Waals surface area contributed by atoms with E-state index >= 15 is 0 Å². The number of carboxylic acids is 1. The quantitative estimate of drug-likeness (QED) is 0.631. The van der Waals surface area contributed by atoms with Crippen LogP contribution in [0.3, 0.4) is 0 Å². The normalized spacial score (nSPS) is 11.3. The maximum absolute atomic E-state index is 11.9. The van der Waals surface area contributed by atoms with Crippen LogP contribution < -0.4 is 10.1 Å². The Morgan fingerprint density at radius 3 is 2.61 bits per heavy atom. The third-order valence-corrected chi connectivity index (χ3v) is 4.17. The number of aromatic nitrogens is 1. The standard InChI is InChI=1S/C22H19N3O3/c1-2-15-10-17(12-20(11-15)28-19-4-3-9-24-14-19)21(22(26)27)25-18-7-5-16(13-23)6-8-18/h3-12,14,21,25H,2H2,1H3,(H,26,27). The van der Waals surface area contributed by atoms with Gasteiger partial charge in [0, 0.05) is 11.9 Å². The Balaban J connectivity index is 1.91. The lowest BCUT2D eigenvalue weighted by Crippen LogP contribution is -2.20. The van der Waals surface area contributed by atoms with E-state index in [4.69, 9.17) is 10.00 Å². The van der Waals surface area contributed by atoms with Gasteiger partial charge in [0.2, 0.25) is 0 Å². The summed E-state index contributed by atoms with van der Waals surface area (Å²) in [4.78, 5) is 16.0. The van der Waals surface area contributed by atoms with E-state index in [0.29, 0.717) is 28.3 Å². The number of aliphatic carboxylic acids is 1. The van der Waals surface area contributed by atoms with Gasteiger partial charge in [0.1, 0.15) is 11.5 Å². The van der Waals surface area contributed by atoms with Gasteiger partial charge in [-0.15, -0.1) is 0 Å². The molecular weight excluding hydrogens is 354 g/mol. The minimum Gasteiger partial charge on any atom is -0.479 e. The van der Waals surface area contributed by atoms with Crippen molar-refractivity contribution in [3.05, 3.63) is 83.7 Å². The van der Waals surface area contributed by atoms with Gasteiger partial charge in [-0.2, -0.15) is 5.26 Å². The zero-order valence-electron chi connectivity index (χ0n) is 15.3. The third kappa shape index (κ3) is 4.65. The molecule has 0 fully saturated rings. The van der Waals surface area contributed by atoms with Gasteiger partial charge in [-0.1, -0.05) is 13.0 Å². The van der Waals surface area contributed by atoms with Crippen LogP contribution in [0.15, 0.2) is 67.0 Å². The van der Waals surface area contributed by atoms with Gasteiger partial charge in [0.25, 0.3) is 0 Å². The Labute approximate surface area is 163 Å². The largest absolute Gasteiger partial charge is 0.479 e. The maximum Gasteiger partial charge on any atom is 0.330 e. The third-order valence-electron chi connectivity index (χ3n) is 4.17. The van der Waals surface area contributed by atoms with E-state index in [1.165, 1.54) is 0 Å².